The second-order valence-electron chi connectivity index (χ2n) is 10.6. The number of H-pyrrole nitrogens is 1. The Labute approximate surface area is 205 Å². The summed E-state index contributed by atoms with van der Waals surface area (Å²) in [4.78, 5) is 58.0. The molecule has 3 aromatic rings. The fraction of sp³-hybridized carbons (Fsp3) is 0.480. The summed E-state index contributed by atoms with van der Waals surface area (Å²) in [6.45, 7) is 10.1. The topological polar surface area (TPSA) is 125 Å². The fourth-order valence-corrected chi connectivity index (χ4v) is 6.26. The molecule has 0 radical (unpaired) electrons. The molecule has 2 amide bonds. The number of nitrogens with one attached hydrogen (secondary N) is 2. The maximum atomic E-state index is 13.0. The van der Waals surface area contributed by atoms with Crippen molar-refractivity contribution in [3.8, 4) is 0 Å². The summed E-state index contributed by atoms with van der Waals surface area (Å²) in [5, 5.41) is 5.53. The Morgan fingerprint density at radius 3 is 2.49 bits per heavy atom. The van der Waals surface area contributed by atoms with Crippen LogP contribution in [0.5, 0.6) is 0 Å². The van der Waals surface area contributed by atoms with E-state index in [0.29, 0.717) is 30.0 Å². The van der Waals surface area contributed by atoms with Crippen LogP contribution in [0.1, 0.15) is 62.0 Å². The quantitative estimate of drug-likeness (QED) is 0.569. The number of rotatable bonds is 4. The van der Waals surface area contributed by atoms with E-state index in [1.165, 1.54) is 23.5 Å². The van der Waals surface area contributed by atoms with E-state index in [2.05, 4.69) is 47.4 Å². The number of aromatic amines is 1. The van der Waals surface area contributed by atoms with Crippen LogP contribution < -0.4 is 16.7 Å². The molecule has 2 aliphatic rings. The SMILES string of the molecule is CC1(C)C(C(=O)N2CCC(c3nc(C(=O)Nc4ccc5[nH]c(=O)oc(=O)c5c4)cs3)CC2)C1(C)C. The van der Waals surface area contributed by atoms with E-state index < -0.39 is 11.4 Å². The zero-order valence-corrected chi connectivity index (χ0v) is 21.0. The molecule has 10 heteroatoms. The highest BCUT2D eigenvalue weighted by atomic mass is 32.1. The Balaban J connectivity index is 1.22. The van der Waals surface area contributed by atoms with Gasteiger partial charge in [-0.1, -0.05) is 27.7 Å². The summed E-state index contributed by atoms with van der Waals surface area (Å²) in [5.74, 6) is -0.668. The Bertz CT molecular complexity index is 1430. The second-order valence-corrected chi connectivity index (χ2v) is 11.5. The van der Waals surface area contributed by atoms with Gasteiger partial charge in [0.05, 0.1) is 15.9 Å². The molecule has 2 aromatic heterocycles. The average Bonchev–Trinajstić information content (AvgIpc) is 3.13. The largest absolute Gasteiger partial charge is 0.419 e. The van der Waals surface area contributed by atoms with E-state index in [1.54, 1.807) is 11.4 Å². The zero-order valence-electron chi connectivity index (χ0n) is 20.1. The van der Waals surface area contributed by atoms with Crippen molar-refractivity contribution in [2.75, 3.05) is 18.4 Å². The van der Waals surface area contributed by atoms with Crippen molar-refractivity contribution in [2.24, 2.45) is 16.7 Å². The highest BCUT2D eigenvalue weighted by molar-refractivity contribution is 7.10. The van der Waals surface area contributed by atoms with E-state index in [4.69, 9.17) is 0 Å². The predicted molar refractivity (Wildman–Crippen MR) is 133 cm³/mol. The van der Waals surface area contributed by atoms with Crippen LogP contribution in [0.2, 0.25) is 0 Å². The van der Waals surface area contributed by atoms with Crippen LogP contribution in [0, 0.1) is 16.7 Å². The standard InChI is InChI=1S/C25H28N4O5S/c1-24(2)18(25(24,3)4)21(31)29-9-7-13(8-10-29)20-27-17(12-35-20)19(30)26-14-5-6-16-15(11-14)22(32)34-23(33)28-16/h5-6,11-13,18H,7-10H2,1-4H3,(H,26,30)(H,28,33). The minimum absolute atomic E-state index is 0.0325. The number of hydrogen-bond donors (Lipinski definition) is 2. The van der Waals surface area contributed by atoms with Gasteiger partial charge in [0.2, 0.25) is 5.91 Å². The smallest absolute Gasteiger partial charge is 0.372 e. The van der Waals surface area contributed by atoms with Crippen LogP contribution in [0.4, 0.5) is 5.69 Å². The molecule has 9 nitrogen and oxygen atoms in total. The Morgan fingerprint density at radius 1 is 1.14 bits per heavy atom. The van der Waals surface area contributed by atoms with Gasteiger partial charge in [0.15, 0.2) is 0 Å². The molecule has 184 valence electrons. The van der Waals surface area contributed by atoms with Crippen molar-refractivity contribution in [3.05, 3.63) is 55.3 Å². The number of hydrogen-bond acceptors (Lipinski definition) is 7. The van der Waals surface area contributed by atoms with Crippen molar-refractivity contribution in [2.45, 2.75) is 46.5 Å². The van der Waals surface area contributed by atoms with Crippen molar-refractivity contribution >= 4 is 39.7 Å². The van der Waals surface area contributed by atoms with Crippen molar-refractivity contribution < 1.29 is 14.0 Å². The number of fused-ring (bicyclic) bond motifs is 1. The molecule has 0 unspecified atom stereocenters. The summed E-state index contributed by atoms with van der Waals surface area (Å²) in [7, 11) is 0. The Morgan fingerprint density at radius 2 is 1.83 bits per heavy atom. The van der Waals surface area contributed by atoms with Crippen molar-refractivity contribution in [1.82, 2.24) is 14.9 Å². The molecular formula is C25H28N4O5S. The van der Waals surface area contributed by atoms with Gasteiger partial charge >= 0.3 is 11.4 Å². The number of anilines is 1. The van der Waals surface area contributed by atoms with Crippen LogP contribution >= 0.6 is 11.3 Å². The third-order valence-electron chi connectivity index (χ3n) is 8.10. The molecule has 2 fully saturated rings. The highest BCUT2D eigenvalue weighted by Gasteiger charge is 2.68. The summed E-state index contributed by atoms with van der Waals surface area (Å²) in [6.07, 6.45) is 1.65. The molecule has 1 saturated carbocycles. The maximum absolute atomic E-state index is 13.0. The van der Waals surface area contributed by atoms with Crippen LogP contribution in [0.15, 0.2) is 37.6 Å². The molecular weight excluding hydrogens is 468 g/mol. The number of likely N-dealkylation sites (tertiary alicyclic amines) is 1. The van der Waals surface area contributed by atoms with Gasteiger partial charge in [-0.05, 0) is 41.9 Å². The highest BCUT2D eigenvalue weighted by Crippen LogP contribution is 2.68. The Hall–Kier alpha value is -3.27. The van der Waals surface area contributed by atoms with E-state index in [-0.39, 0.29) is 39.9 Å². The maximum Gasteiger partial charge on any atom is 0.419 e. The van der Waals surface area contributed by atoms with Crippen molar-refractivity contribution in [1.29, 1.82) is 0 Å². The first kappa shape index (κ1) is 23.5. The molecule has 1 saturated heterocycles. The lowest BCUT2D eigenvalue weighted by Gasteiger charge is -2.31. The molecule has 2 N–H and O–H groups in total. The van der Waals surface area contributed by atoms with Crippen LogP contribution in [-0.4, -0.2) is 39.8 Å². The predicted octanol–water partition coefficient (Wildman–Crippen LogP) is 3.58. The monoisotopic (exact) mass is 496 g/mol. The summed E-state index contributed by atoms with van der Waals surface area (Å²) in [6, 6.07) is 4.59. The van der Waals surface area contributed by atoms with Gasteiger partial charge in [-0.15, -0.1) is 11.3 Å². The first-order valence-electron chi connectivity index (χ1n) is 11.7. The lowest BCUT2D eigenvalue weighted by molar-refractivity contribution is -0.134. The number of carbonyl (C=O) groups excluding carboxylic acids is 2. The number of thiazole rings is 1. The number of carbonyl (C=O) groups is 2. The van der Waals surface area contributed by atoms with Crippen LogP contribution in [-0.2, 0) is 4.79 Å². The van der Waals surface area contributed by atoms with Gasteiger partial charge < -0.3 is 14.6 Å². The number of amides is 2. The molecule has 3 heterocycles. The third-order valence-corrected chi connectivity index (χ3v) is 9.10. The Kier molecular flexibility index (Phi) is 5.47. The molecule has 0 atom stereocenters. The van der Waals surface area contributed by atoms with Gasteiger partial charge in [-0.2, -0.15) is 0 Å². The van der Waals surface area contributed by atoms with E-state index >= 15 is 0 Å². The van der Waals surface area contributed by atoms with Gasteiger partial charge in [-0.3, -0.25) is 14.6 Å². The molecule has 1 aromatic carbocycles. The first-order chi connectivity index (χ1) is 16.5. The molecule has 0 bridgehead atoms. The van der Waals surface area contributed by atoms with E-state index in [1.807, 2.05) is 4.90 Å². The number of benzene rings is 1. The third kappa shape index (κ3) is 3.99. The van der Waals surface area contributed by atoms with Crippen molar-refractivity contribution in [3.63, 3.8) is 0 Å². The molecule has 0 spiro atoms. The van der Waals surface area contributed by atoms with E-state index in [9.17, 15) is 19.2 Å². The zero-order chi connectivity index (χ0) is 25.1. The summed E-state index contributed by atoms with van der Waals surface area (Å²) in [5.41, 5.74) is 0.330. The first-order valence-corrected chi connectivity index (χ1v) is 12.6. The molecule has 1 aliphatic heterocycles. The fourth-order valence-electron chi connectivity index (χ4n) is 5.29. The minimum Gasteiger partial charge on any atom is -0.372 e. The van der Waals surface area contributed by atoms with Gasteiger partial charge in [0.25, 0.3) is 5.91 Å². The normalized spacial score (nSPS) is 19.6. The number of piperidine rings is 1. The van der Waals surface area contributed by atoms with Gasteiger partial charge in [0.1, 0.15) is 5.69 Å². The van der Waals surface area contributed by atoms with Gasteiger partial charge in [-0.25, -0.2) is 14.6 Å². The molecule has 35 heavy (non-hydrogen) atoms. The van der Waals surface area contributed by atoms with E-state index in [0.717, 1.165) is 17.8 Å². The number of aromatic nitrogens is 2. The lowest BCUT2D eigenvalue weighted by atomic mass is 9.96. The minimum atomic E-state index is -0.829. The molecule has 5 rings (SSSR count). The summed E-state index contributed by atoms with van der Waals surface area (Å²) < 4.78 is 4.55. The molecule has 1 aliphatic carbocycles. The number of nitrogens with zero attached hydrogens (tertiary/aromatic N) is 2. The lowest BCUT2D eigenvalue weighted by Crippen LogP contribution is -2.39. The van der Waals surface area contributed by atoms with Crippen LogP contribution in [0.3, 0.4) is 0 Å². The average molecular weight is 497 g/mol. The summed E-state index contributed by atoms with van der Waals surface area (Å²) >= 11 is 1.45. The van der Waals surface area contributed by atoms with Crippen LogP contribution in [0.25, 0.3) is 10.9 Å². The second kappa shape index (κ2) is 8.15. The van der Waals surface area contributed by atoms with Gasteiger partial charge in [0, 0.05) is 36.0 Å².